The molecule has 0 aromatic carbocycles. The lowest BCUT2D eigenvalue weighted by Gasteiger charge is -2.52. The third-order valence-electron chi connectivity index (χ3n) is 4.05. The van der Waals surface area contributed by atoms with Crippen molar-refractivity contribution in [2.75, 3.05) is 19.7 Å². The molecule has 2 saturated heterocycles. The number of carbonyl (C=O) groups excluding carboxylic acids is 1. The summed E-state index contributed by atoms with van der Waals surface area (Å²) in [5.41, 5.74) is -0.214. The molecule has 6 nitrogen and oxygen atoms in total. The average molecular weight is 291 g/mol. The fraction of sp³-hybridized carbons (Fsp3) is 0.667. The van der Waals surface area contributed by atoms with Gasteiger partial charge in [-0.15, -0.1) is 0 Å². The minimum Gasteiger partial charge on any atom is -0.473 e. The first-order chi connectivity index (χ1) is 10.2. The maximum Gasteiger partial charge on any atom is 0.232 e. The van der Waals surface area contributed by atoms with Crippen LogP contribution in [0.5, 0.6) is 5.88 Å². The highest BCUT2D eigenvalue weighted by atomic mass is 16.5. The summed E-state index contributed by atoms with van der Waals surface area (Å²) in [6.45, 7) is 4.06. The normalized spacial score (nSPS) is 23.7. The SMILES string of the molecule is CCCC(=O)N1CC2(CC(Oc3cnccn3)CCO2)C1. The van der Waals surface area contributed by atoms with Gasteiger partial charge in [0.1, 0.15) is 11.7 Å². The van der Waals surface area contributed by atoms with Crippen LogP contribution < -0.4 is 4.74 Å². The zero-order chi connectivity index (χ0) is 14.7. The summed E-state index contributed by atoms with van der Waals surface area (Å²) in [6.07, 6.45) is 8.12. The lowest BCUT2D eigenvalue weighted by atomic mass is 9.84. The molecule has 2 aliphatic heterocycles. The van der Waals surface area contributed by atoms with Gasteiger partial charge in [0.15, 0.2) is 0 Å². The lowest BCUT2D eigenvalue weighted by Crippen LogP contribution is -2.67. The van der Waals surface area contributed by atoms with Crippen LogP contribution in [0.1, 0.15) is 32.6 Å². The van der Waals surface area contributed by atoms with E-state index >= 15 is 0 Å². The molecule has 1 atom stereocenters. The van der Waals surface area contributed by atoms with E-state index < -0.39 is 0 Å². The summed E-state index contributed by atoms with van der Waals surface area (Å²) in [5.74, 6) is 0.779. The number of aromatic nitrogens is 2. The van der Waals surface area contributed by atoms with Crippen LogP contribution in [0.2, 0.25) is 0 Å². The zero-order valence-corrected chi connectivity index (χ0v) is 12.3. The second kappa shape index (κ2) is 5.97. The minimum absolute atomic E-state index is 0.0823. The van der Waals surface area contributed by atoms with E-state index in [9.17, 15) is 4.79 Å². The summed E-state index contributed by atoms with van der Waals surface area (Å²) in [7, 11) is 0. The predicted octanol–water partition coefficient (Wildman–Crippen LogP) is 1.42. The molecule has 1 amide bonds. The summed E-state index contributed by atoms with van der Waals surface area (Å²) in [5, 5.41) is 0. The molecule has 2 fully saturated rings. The van der Waals surface area contributed by atoms with Crippen LogP contribution in [0.25, 0.3) is 0 Å². The fourth-order valence-corrected chi connectivity index (χ4v) is 3.02. The monoisotopic (exact) mass is 291 g/mol. The summed E-state index contributed by atoms with van der Waals surface area (Å²) in [6, 6.07) is 0. The molecule has 1 aromatic heterocycles. The van der Waals surface area contributed by atoms with Crippen molar-refractivity contribution in [1.82, 2.24) is 14.9 Å². The van der Waals surface area contributed by atoms with Crippen molar-refractivity contribution in [3.05, 3.63) is 18.6 Å². The van der Waals surface area contributed by atoms with Crippen molar-refractivity contribution in [2.45, 2.75) is 44.3 Å². The average Bonchev–Trinajstić information content (AvgIpc) is 2.46. The van der Waals surface area contributed by atoms with Crippen LogP contribution in [0, 0.1) is 0 Å². The molecule has 114 valence electrons. The van der Waals surface area contributed by atoms with E-state index in [0.29, 0.717) is 32.0 Å². The third kappa shape index (κ3) is 3.15. The second-order valence-corrected chi connectivity index (χ2v) is 5.81. The van der Waals surface area contributed by atoms with Gasteiger partial charge in [-0.3, -0.25) is 9.78 Å². The van der Waals surface area contributed by atoms with Crippen LogP contribution in [-0.2, 0) is 9.53 Å². The number of nitrogens with zero attached hydrogens (tertiary/aromatic N) is 3. The highest BCUT2D eigenvalue weighted by Gasteiger charge is 2.49. The molecule has 0 radical (unpaired) electrons. The van der Waals surface area contributed by atoms with Crippen LogP contribution in [0.15, 0.2) is 18.6 Å². The Morgan fingerprint density at radius 3 is 3.10 bits per heavy atom. The number of hydrogen-bond donors (Lipinski definition) is 0. The van der Waals surface area contributed by atoms with E-state index in [-0.39, 0.29) is 17.6 Å². The van der Waals surface area contributed by atoms with Crippen molar-refractivity contribution in [3.63, 3.8) is 0 Å². The molecule has 0 saturated carbocycles. The van der Waals surface area contributed by atoms with Gasteiger partial charge in [0.05, 0.1) is 25.9 Å². The van der Waals surface area contributed by atoms with Crippen molar-refractivity contribution < 1.29 is 14.3 Å². The molecule has 3 rings (SSSR count). The molecule has 0 bridgehead atoms. The summed E-state index contributed by atoms with van der Waals surface area (Å²) in [4.78, 5) is 21.9. The summed E-state index contributed by atoms with van der Waals surface area (Å²) < 4.78 is 11.8. The van der Waals surface area contributed by atoms with Gasteiger partial charge in [0.2, 0.25) is 11.8 Å². The second-order valence-electron chi connectivity index (χ2n) is 5.81. The van der Waals surface area contributed by atoms with Crippen LogP contribution in [0.3, 0.4) is 0 Å². The Morgan fingerprint density at radius 1 is 1.52 bits per heavy atom. The lowest BCUT2D eigenvalue weighted by molar-refractivity contribution is -0.193. The highest BCUT2D eigenvalue weighted by molar-refractivity contribution is 5.77. The molecular formula is C15H21N3O3. The van der Waals surface area contributed by atoms with Gasteiger partial charge < -0.3 is 14.4 Å². The molecular weight excluding hydrogens is 270 g/mol. The van der Waals surface area contributed by atoms with Crippen LogP contribution in [-0.4, -0.2) is 52.2 Å². The van der Waals surface area contributed by atoms with Gasteiger partial charge >= 0.3 is 0 Å². The van der Waals surface area contributed by atoms with E-state index in [1.54, 1.807) is 18.6 Å². The van der Waals surface area contributed by atoms with Gasteiger partial charge in [-0.05, 0) is 6.42 Å². The maximum atomic E-state index is 11.8. The zero-order valence-electron chi connectivity index (χ0n) is 12.3. The third-order valence-corrected chi connectivity index (χ3v) is 4.05. The highest BCUT2D eigenvalue weighted by Crippen LogP contribution is 2.35. The quantitative estimate of drug-likeness (QED) is 0.839. The number of ether oxygens (including phenoxy) is 2. The largest absolute Gasteiger partial charge is 0.473 e. The minimum atomic E-state index is -0.214. The number of carbonyl (C=O) groups is 1. The predicted molar refractivity (Wildman–Crippen MR) is 75.9 cm³/mol. The molecule has 2 aliphatic rings. The first-order valence-electron chi connectivity index (χ1n) is 7.55. The Balaban J connectivity index is 1.54. The van der Waals surface area contributed by atoms with E-state index in [1.165, 1.54) is 0 Å². The maximum absolute atomic E-state index is 11.8. The van der Waals surface area contributed by atoms with Gasteiger partial charge in [-0.1, -0.05) is 6.92 Å². The first-order valence-corrected chi connectivity index (χ1v) is 7.55. The smallest absolute Gasteiger partial charge is 0.232 e. The van der Waals surface area contributed by atoms with E-state index in [2.05, 4.69) is 9.97 Å². The van der Waals surface area contributed by atoms with E-state index in [4.69, 9.17) is 9.47 Å². The van der Waals surface area contributed by atoms with Crippen LogP contribution in [0.4, 0.5) is 0 Å². The Labute approximate surface area is 124 Å². The molecule has 1 aromatic rings. The Kier molecular flexibility index (Phi) is 4.05. The van der Waals surface area contributed by atoms with Gasteiger partial charge in [-0.25, -0.2) is 4.98 Å². The van der Waals surface area contributed by atoms with Crippen LogP contribution >= 0.6 is 0 Å². The molecule has 0 N–H and O–H groups in total. The Bertz CT molecular complexity index is 488. The number of hydrogen-bond acceptors (Lipinski definition) is 5. The molecule has 1 unspecified atom stereocenters. The van der Waals surface area contributed by atoms with Crippen molar-refractivity contribution in [3.8, 4) is 5.88 Å². The summed E-state index contributed by atoms with van der Waals surface area (Å²) >= 11 is 0. The standard InChI is InChI=1S/C15H21N3O3/c1-2-3-14(19)18-10-15(11-18)8-12(4-7-20-15)21-13-9-16-5-6-17-13/h5-6,9,12H,2-4,7-8,10-11H2,1H3. The number of amides is 1. The fourth-order valence-electron chi connectivity index (χ4n) is 3.02. The van der Waals surface area contributed by atoms with Crippen molar-refractivity contribution in [1.29, 1.82) is 0 Å². The molecule has 21 heavy (non-hydrogen) atoms. The number of rotatable bonds is 4. The molecule has 1 spiro atoms. The Hall–Kier alpha value is -1.69. The molecule has 0 aliphatic carbocycles. The Morgan fingerprint density at radius 2 is 2.38 bits per heavy atom. The topological polar surface area (TPSA) is 64.6 Å². The number of likely N-dealkylation sites (tertiary alicyclic amines) is 1. The van der Waals surface area contributed by atoms with Crippen molar-refractivity contribution in [2.24, 2.45) is 0 Å². The van der Waals surface area contributed by atoms with Gasteiger partial charge in [-0.2, -0.15) is 0 Å². The van der Waals surface area contributed by atoms with Gasteiger partial charge in [0.25, 0.3) is 0 Å². The van der Waals surface area contributed by atoms with E-state index in [1.807, 2.05) is 11.8 Å². The first kappa shape index (κ1) is 14.3. The van der Waals surface area contributed by atoms with Gasteiger partial charge in [0, 0.05) is 31.7 Å². The molecule has 3 heterocycles. The van der Waals surface area contributed by atoms with E-state index in [0.717, 1.165) is 19.3 Å². The van der Waals surface area contributed by atoms with Crippen molar-refractivity contribution >= 4 is 5.91 Å². The molecule has 6 heteroatoms.